The summed E-state index contributed by atoms with van der Waals surface area (Å²) < 4.78 is 0. The first-order valence-electron chi connectivity index (χ1n) is 10.7. The molecule has 0 bridgehead atoms. The van der Waals surface area contributed by atoms with E-state index in [9.17, 15) is 0 Å². The Labute approximate surface area is 192 Å². The molecule has 4 nitrogen and oxygen atoms in total. The fraction of sp³-hybridized carbons (Fsp3) is 0.0345. The molecule has 4 heteroatoms. The van der Waals surface area contributed by atoms with E-state index in [1.807, 2.05) is 55.5 Å². The van der Waals surface area contributed by atoms with Crippen molar-refractivity contribution < 1.29 is 0 Å². The van der Waals surface area contributed by atoms with Gasteiger partial charge in [0.2, 0.25) is 0 Å². The molecule has 0 N–H and O–H groups in total. The van der Waals surface area contributed by atoms with Crippen molar-refractivity contribution in [3.05, 3.63) is 115 Å². The van der Waals surface area contributed by atoms with E-state index in [2.05, 4.69) is 58.5 Å². The highest BCUT2D eigenvalue weighted by molar-refractivity contribution is 5.79. The van der Waals surface area contributed by atoms with Gasteiger partial charge in [-0.2, -0.15) is 5.26 Å². The van der Waals surface area contributed by atoms with Crippen molar-refractivity contribution >= 4 is 0 Å². The predicted octanol–water partition coefficient (Wildman–Crippen LogP) is 6.72. The van der Waals surface area contributed by atoms with Crippen LogP contribution in [0.5, 0.6) is 0 Å². The third kappa shape index (κ3) is 4.39. The Morgan fingerprint density at radius 2 is 1.00 bits per heavy atom. The fourth-order valence-corrected chi connectivity index (χ4v) is 3.79. The van der Waals surface area contributed by atoms with Crippen molar-refractivity contribution in [3.63, 3.8) is 0 Å². The molecule has 0 fully saturated rings. The summed E-state index contributed by atoms with van der Waals surface area (Å²) in [6.07, 6.45) is 0. The number of nitriles is 1. The molecule has 0 saturated carbocycles. The SMILES string of the molecule is Cc1nc(-c2ccc(C#N)cc2)nc(-c2cc(-c3ccccc3)cc(-c3ccccc3)c2)n1. The lowest BCUT2D eigenvalue weighted by atomic mass is 9.96. The van der Waals surface area contributed by atoms with Crippen LogP contribution in [0.3, 0.4) is 0 Å². The zero-order chi connectivity index (χ0) is 22.6. The molecule has 4 aromatic carbocycles. The van der Waals surface area contributed by atoms with E-state index in [1.165, 1.54) is 0 Å². The highest BCUT2D eigenvalue weighted by Gasteiger charge is 2.12. The van der Waals surface area contributed by atoms with E-state index in [-0.39, 0.29) is 0 Å². The quantitative estimate of drug-likeness (QED) is 0.321. The van der Waals surface area contributed by atoms with Crippen LogP contribution >= 0.6 is 0 Å². The monoisotopic (exact) mass is 424 g/mol. The van der Waals surface area contributed by atoms with E-state index < -0.39 is 0 Å². The number of rotatable bonds is 4. The number of aromatic nitrogens is 3. The van der Waals surface area contributed by atoms with Gasteiger partial charge in [-0.15, -0.1) is 0 Å². The predicted molar refractivity (Wildman–Crippen MR) is 131 cm³/mol. The van der Waals surface area contributed by atoms with E-state index in [0.717, 1.165) is 33.4 Å². The van der Waals surface area contributed by atoms with Gasteiger partial charge in [0.1, 0.15) is 5.82 Å². The first kappa shape index (κ1) is 20.3. The van der Waals surface area contributed by atoms with Crippen LogP contribution in [0.1, 0.15) is 11.4 Å². The Bertz CT molecular complexity index is 1390. The van der Waals surface area contributed by atoms with Crippen molar-refractivity contribution in [2.75, 3.05) is 0 Å². The lowest BCUT2D eigenvalue weighted by Crippen LogP contribution is -2.00. The summed E-state index contributed by atoms with van der Waals surface area (Å²) in [6, 6.07) is 36.5. The van der Waals surface area contributed by atoms with E-state index >= 15 is 0 Å². The molecule has 5 aromatic rings. The minimum absolute atomic E-state index is 0.591. The number of hydrogen-bond acceptors (Lipinski definition) is 4. The van der Waals surface area contributed by atoms with E-state index in [4.69, 9.17) is 10.2 Å². The van der Waals surface area contributed by atoms with Gasteiger partial charge in [-0.05, 0) is 71.6 Å². The van der Waals surface area contributed by atoms with Crippen LogP contribution < -0.4 is 0 Å². The largest absolute Gasteiger partial charge is 0.213 e. The minimum Gasteiger partial charge on any atom is -0.213 e. The lowest BCUT2D eigenvalue weighted by Gasteiger charge is -2.11. The van der Waals surface area contributed by atoms with Crippen molar-refractivity contribution in [1.82, 2.24) is 15.0 Å². The van der Waals surface area contributed by atoms with Gasteiger partial charge in [0, 0.05) is 11.1 Å². The summed E-state index contributed by atoms with van der Waals surface area (Å²) in [5.41, 5.74) is 6.85. The highest BCUT2D eigenvalue weighted by atomic mass is 15.0. The van der Waals surface area contributed by atoms with E-state index in [1.54, 1.807) is 12.1 Å². The summed E-state index contributed by atoms with van der Waals surface area (Å²) in [5, 5.41) is 9.08. The summed E-state index contributed by atoms with van der Waals surface area (Å²) in [6.45, 7) is 1.87. The summed E-state index contributed by atoms with van der Waals surface area (Å²) >= 11 is 0. The van der Waals surface area contributed by atoms with Crippen LogP contribution in [-0.4, -0.2) is 15.0 Å². The molecule has 1 heterocycles. The van der Waals surface area contributed by atoms with Crippen LogP contribution in [0.2, 0.25) is 0 Å². The van der Waals surface area contributed by atoms with Gasteiger partial charge >= 0.3 is 0 Å². The number of nitrogens with zero attached hydrogens (tertiary/aromatic N) is 4. The molecular formula is C29H20N4. The molecule has 1 aromatic heterocycles. The molecule has 0 atom stereocenters. The van der Waals surface area contributed by atoms with Gasteiger partial charge in [-0.3, -0.25) is 0 Å². The van der Waals surface area contributed by atoms with Gasteiger partial charge in [0.05, 0.1) is 11.6 Å². The third-order valence-corrected chi connectivity index (χ3v) is 5.42. The van der Waals surface area contributed by atoms with Crippen molar-refractivity contribution in [3.8, 4) is 51.1 Å². The molecule has 0 amide bonds. The topological polar surface area (TPSA) is 62.5 Å². The maximum atomic E-state index is 9.08. The molecule has 0 saturated heterocycles. The Hall–Kier alpha value is -4.62. The third-order valence-electron chi connectivity index (χ3n) is 5.42. The molecular weight excluding hydrogens is 404 g/mol. The number of benzene rings is 4. The Morgan fingerprint density at radius 3 is 1.52 bits per heavy atom. The van der Waals surface area contributed by atoms with Crippen LogP contribution in [0.4, 0.5) is 0 Å². The molecule has 33 heavy (non-hydrogen) atoms. The van der Waals surface area contributed by atoms with Crippen LogP contribution in [0.15, 0.2) is 103 Å². The standard InChI is InChI=1S/C29H20N4/c1-20-31-28(24-14-12-21(19-30)13-15-24)33-29(32-20)27-17-25(22-8-4-2-5-9-22)16-26(18-27)23-10-6-3-7-11-23/h2-18H,1H3. The van der Waals surface area contributed by atoms with Crippen molar-refractivity contribution in [2.24, 2.45) is 0 Å². The Morgan fingerprint density at radius 1 is 0.515 bits per heavy atom. The zero-order valence-corrected chi connectivity index (χ0v) is 18.1. The van der Waals surface area contributed by atoms with Gasteiger partial charge in [-0.1, -0.05) is 60.7 Å². The number of hydrogen-bond donors (Lipinski definition) is 0. The first-order valence-corrected chi connectivity index (χ1v) is 10.7. The molecule has 0 aliphatic carbocycles. The zero-order valence-electron chi connectivity index (χ0n) is 18.1. The molecule has 0 radical (unpaired) electrons. The van der Waals surface area contributed by atoms with Crippen LogP contribution in [0, 0.1) is 18.3 Å². The van der Waals surface area contributed by atoms with Gasteiger partial charge in [-0.25, -0.2) is 15.0 Å². The second-order valence-electron chi connectivity index (χ2n) is 7.75. The van der Waals surface area contributed by atoms with Gasteiger partial charge < -0.3 is 0 Å². The first-order chi connectivity index (χ1) is 16.2. The lowest BCUT2D eigenvalue weighted by molar-refractivity contribution is 0.992. The second-order valence-corrected chi connectivity index (χ2v) is 7.75. The average Bonchev–Trinajstić information content (AvgIpc) is 2.89. The molecule has 5 rings (SSSR count). The molecule has 0 spiro atoms. The fourth-order valence-electron chi connectivity index (χ4n) is 3.79. The molecule has 0 aliphatic heterocycles. The van der Waals surface area contributed by atoms with Crippen molar-refractivity contribution in [2.45, 2.75) is 6.92 Å². The summed E-state index contributed by atoms with van der Waals surface area (Å²) in [7, 11) is 0. The van der Waals surface area contributed by atoms with Gasteiger partial charge in [0.15, 0.2) is 11.6 Å². The molecule has 0 unspecified atom stereocenters. The van der Waals surface area contributed by atoms with Gasteiger partial charge in [0.25, 0.3) is 0 Å². The Kier molecular flexibility index (Phi) is 5.45. The minimum atomic E-state index is 0.591. The summed E-state index contributed by atoms with van der Waals surface area (Å²) in [5.74, 6) is 1.86. The number of aryl methyl sites for hydroxylation is 1. The average molecular weight is 425 g/mol. The smallest absolute Gasteiger partial charge is 0.163 e. The molecule has 0 aliphatic rings. The Balaban J connectivity index is 1.67. The normalized spacial score (nSPS) is 10.5. The van der Waals surface area contributed by atoms with E-state index in [0.29, 0.717) is 23.0 Å². The summed E-state index contributed by atoms with van der Waals surface area (Å²) in [4.78, 5) is 14.0. The maximum Gasteiger partial charge on any atom is 0.163 e. The second kappa shape index (κ2) is 8.86. The van der Waals surface area contributed by atoms with Crippen molar-refractivity contribution in [1.29, 1.82) is 5.26 Å². The molecule has 156 valence electrons. The maximum absolute atomic E-state index is 9.08. The highest BCUT2D eigenvalue weighted by Crippen LogP contribution is 2.32. The van der Waals surface area contributed by atoms with Crippen LogP contribution in [-0.2, 0) is 0 Å². The van der Waals surface area contributed by atoms with Crippen LogP contribution in [0.25, 0.3) is 45.0 Å².